The lowest BCUT2D eigenvalue weighted by molar-refractivity contribution is 0.0600. The number of halogens is 2. The van der Waals surface area contributed by atoms with Crippen LogP contribution in [0.4, 0.5) is 10.1 Å². The lowest BCUT2D eigenvalue weighted by Gasteiger charge is -2.37. The minimum Gasteiger partial charge on any atom is -0.489 e. The molecule has 3 aromatic rings. The van der Waals surface area contributed by atoms with Gasteiger partial charge in [-0.15, -0.1) is 0 Å². The molecular weight excluding hydrogens is 429 g/mol. The van der Waals surface area contributed by atoms with Gasteiger partial charge in [0.25, 0.3) is 0 Å². The standard InChI is InChI=1S/C22H17ClFNO4S/c1-28-22(26)15-4-11-19-21(12-15)29-13-20(14-2-5-16(23)6-3-14)25(19)30(27)18-9-7-17(24)8-10-18/h2-12,20H,13H2,1H3. The Morgan fingerprint density at radius 2 is 1.83 bits per heavy atom. The predicted molar refractivity (Wildman–Crippen MR) is 113 cm³/mol. The molecule has 154 valence electrons. The third-order valence-electron chi connectivity index (χ3n) is 4.75. The quantitative estimate of drug-likeness (QED) is 0.534. The molecular formula is C22H17ClFNO4S. The van der Waals surface area contributed by atoms with Crippen molar-refractivity contribution in [2.75, 3.05) is 18.0 Å². The molecule has 0 saturated carbocycles. The Bertz CT molecular complexity index is 1110. The first-order chi connectivity index (χ1) is 14.5. The van der Waals surface area contributed by atoms with Crippen LogP contribution < -0.4 is 9.04 Å². The van der Waals surface area contributed by atoms with Crippen LogP contribution in [0.1, 0.15) is 22.0 Å². The molecule has 0 aliphatic carbocycles. The Morgan fingerprint density at radius 1 is 1.13 bits per heavy atom. The zero-order valence-electron chi connectivity index (χ0n) is 15.9. The number of nitrogens with zero attached hydrogens (tertiary/aromatic N) is 1. The number of hydrogen-bond donors (Lipinski definition) is 0. The van der Waals surface area contributed by atoms with Gasteiger partial charge in [0.1, 0.15) is 24.2 Å². The van der Waals surface area contributed by atoms with Crippen molar-refractivity contribution in [3.63, 3.8) is 0 Å². The van der Waals surface area contributed by atoms with Gasteiger partial charge in [0.15, 0.2) is 11.0 Å². The molecule has 1 aliphatic rings. The predicted octanol–water partition coefficient (Wildman–Crippen LogP) is 4.93. The van der Waals surface area contributed by atoms with Gasteiger partial charge < -0.3 is 9.47 Å². The summed E-state index contributed by atoms with van der Waals surface area (Å²) in [4.78, 5) is 12.3. The van der Waals surface area contributed by atoms with Gasteiger partial charge in [-0.1, -0.05) is 23.7 Å². The van der Waals surface area contributed by atoms with Crippen LogP contribution in [0.15, 0.2) is 71.6 Å². The molecule has 0 saturated heterocycles. The SMILES string of the molecule is COC(=O)c1ccc2c(c1)OCC(c1ccc(Cl)cc1)N2S(=O)c1ccc(F)cc1. The molecule has 2 unspecified atom stereocenters. The van der Waals surface area contributed by atoms with Gasteiger partial charge >= 0.3 is 5.97 Å². The number of methoxy groups -OCH3 is 1. The Kier molecular flexibility index (Phi) is 5.74. The fourth-order valence-electron chi connectivity index (χ4n) is 3.25. The van der Waals surface area contributed by atoms with Gasteiger partial charge in [-0.2, -0.15) is 0 Å². The highest BCUT2D eigenvalue weighted by Gasteiger charge is 2.34. The van der Waals surface area contributed by atoms with Gasteiger partial charge in [0.2, 0.25) is 0 Å². The second-order valence-electron chi connectivity index (χ2n) is 6.58. The Balaban J connectivity index is 1.80. The normalized spacial score (nSPS) is 16.4. The second-order valence-corrected chi connectivity index (χ2v) is 8.38. The Hall–Kier alpha value is -2.90. The van der Waals surface area contributed by atoms with E-state index >= 15 is 0 Å². The van der Waals surface area contributed by atoms with Crippen LogP contribution in [0.5, 0.6) is 5.75 Å². The minimum atomic E-state index is -1.66. The number of ether oxygens (including phenoxy) is 2. The van der Waals surface area contributed by atoms with Crippen molar-refractivity contribution < 1.29 is 22.9 Å². The molecule has 4 rings (SSSR count). The second kappa shape index (κ2) is 8.45. The molecule has 1 heterocycles. The maximum absolute atomic E-state index is 13.5. The first-order valence-electron chi connectivity index (χ1n) is 9.05. The van der Waals surface area contributed by atoms with Crippen molar-refractivity contribution in [3.8, 4) is 5.75 Å². The van der Waals surface area contributed by atoms with Gasteiger partial charge in [0.05, 0.1) is 23.3 Å². The van der Waals surface area contributed by atoms with Crippen molar-refractivity contribution in [1.29, 1.82) is 0 Å². The average Bonchev–Trinajstić information content (AvgIpc) is 2.78. The summed E-state index contributed by atoms with van der Waals surface area (Å²) in [6.45, 7) is 0.201. The number of carbonyl (C=O) groups is 1. The number of fused-ring (bicyclic) bond motifs is 1. The highest BCUT2D eigenvalue weighted by atomic mass is 35.5. The summed E-state index contributed by atoms with van der Waals surface area (Å²) in [5, 5.41) is 0.588. The molecule has 30 heavy (non-hydrogen) atoms. The fourth-order valence-corrected chi connectivity index (χ4v) is 4.71. The average molecular weight is 446 g/mol. The Labute approximate surface area is 180 Å². The summed E-state index contributed by atoms with van der Waals surface area (Å²) in [7, 11) is -0.356. The number of benzene rings is 3. The molecule has 8 heteroatoms. The molecule has 0 amide bonds. The lowest BCUT2D eigenvalue weighted by Crippen LogP contribution is -2.38. The fraction of sp³-hybridized carbons (Fsp3) is 0.136. The van der Waals surface area contributed by atoms with Crippen molar-refractivity contribution in [1.82, 2.24) is 0 Å². The van der Waals surface area contributed by atoms with Gasteiger partial charge in [-0.3, -0.25) is 4.31 Å². The summed E-state index contributed by atoms with van der Waals surface area (Å²) in [6, 6.07) is 17.2. The van der Waals surface area contributed by atoms with Crippen LogP contribution >= 0.6 is 11.6 Å². The van der Waals surface area contributed by atoms with Crippen LogP contribution in [-0.4, -0.2) is 23.9 Å². The number of esters is 1. The van der Waals surface area contributed by atoms with Gasteiger partial charge in [-0.25, -0.2) is 13.4 Å². The van der Waals surface area contributed by atoms with Crippen molar-refractivity contribution in [2.45, 2.75) is 10.9 Å². The molecule has 0 bridgehead atoms. The van der Waals surface area contributed by atoms with E-state index in [-0.39, 0.29) is 12.6 Å². The highest BCUT2D eigenvalue weighted by Crippen LogP contribution is 2.42. The number of rotatable bonds is 4. The monoisotopic (exact) mass is 445 g/mol. The van der Waals surface area contributed by atoms with Gasteiger partial charge in [-0.05, 0) is 60.2 Å². The van der Waals surface area contributed by atoms with Crippen LogP contribution in [0, 0.1) is 5.82 Å². The minimum absolute atomic E-state index is 0.201. The molecule has 0 spiro atoms. The summed E-state index contributed by atoms with van der Waals surface area (Å²) in [5.74, 6) is -0.485. The van der Waals surface area contributed by atoms with E-state index in [0.717, 1.165) is 5.56 Å². The molecule has 0 radical (unpaired) electrons. The van der Waals surface area contributed by atoms with Crippen molar-refractivity contribution in [3.05, 3.63) is 88.7 Å². The number of hydrogen-bond acceptors (Lipinski definition) is 4. The topological polar surface area (TPSA) is 55.8 Å². The molecule has 0 N–H and O–H groups in total. The zero-order valence-corrected chi connectivity index (χ0v) is 17.5. The van der Waals surface area contributed by atoms with Crippen LogP contribution in [-0.2, 0) is 15.7 Å². The highest BCUT2D eigenvalue weighted by molar-refractivity contribution is 7.86. The van der Waals surface area contributed by atoms with E-state index in [2.05, 4.69) is 0 Å². The molecule has 1 aliphatic heterocycles. The molecule has 0 fully saturated rings. The molecule has 2 atom stereocenters. The summed E-state index contributed by atoms with van der Waals surface area (Å²) >= 11 is 6.02. The third-order valence-corrected chi connectivity index (χ3v) is 6.48. The zero-order chi connectivity index (χ0) is 21.3. The van der Waals surface area contributed by atoms with E-state index in [1.54, 1.807) is 34.6 Å². The van der Waals surface area contributed by atoms with Crippen LogP contribution in [0.25, 0.3) is 0 Å². The largest absolute Gasteiger partial charge is 0.489 e. The van der Waals surface area contributed by atoms with E-state index < -0.39 is 22.8 Å². The summed E-state index contributed by atoms with van der Waals surface area (Å²) in [5.41, 5.74) is 1.74. The molecule has 5 nitrogen and oxygen atoms in total. The van der Waals surface area contributed by atoms with Crippen LogP contribution in [0.3, 0.4) is 0 Å². The summed E-state index contributed by atoms with van der Waals surface area (Å²) < 4.78 is 39.3. The molecule has 3 aromatic carbocycles. The summed E-state index contributed by atoms with van der Waals surface area (Å²) in [6.07, 6.45) is 0. The van der Waals surface area contributed by atoms with Gasteiger partial charge in [0, 0.05) is 5.02 Å². The van der Waals surface area contributed by atoms with E-state index in [1.165, 1.54) is 31.4 Å². The number of anilines is 1. The maximum Gasteiger partial charge on any atom is 0.337 e. The van der Waals surface area contributed by atoms with Crippen LogP contribution in [0.2, 0.25) is 5.02 Å². The van der Waals surface area contributed by atoms with E-state index in [0.29, 0.717) is 26.9 Å². The molecule has 0 aromatic heterocycles. The maximum atomic E-state index is 13.5. The third kappa shape index (κ3) is 3.91. The van der Waals surface area contributed by atoms with E-state index in [4.69, 9.17) is 21.1 Å². The van der Waals surface area contributed by atoms with E-state index in [9.17, 15) is 13.4 Å². The van der Waals surface area contributed by atoms with E-state index in [1.807, 2.05) is 12.1 Å². The van der Waals surface area contributed by atoms with Crippen molar-refractivity contribution >= 4 is 34.2 Å². The lowest BCUT2D eigenvalue weighted by atomic mass is 10.0. The first kappa shape index (κ1) is 20.4. The van der Waals surface area contributed by atoms with Crippen molar-refractivity contribution in [2.24, 2.45) is 0 Å². The number of carbonyl (C=O) groups excluding carboxylic acids is 1. The Morgan fingerprint density at radius 3 is 2.50 bits per heavy atom. The smallest absolute Gasteiger partial charge is 0.337 e. The first-order valence-corrected chi connectivity index (χ1v) is 10.5.